The van der Waals surface area contributed by atoms with Crippen molar-refractivity contribution in [3.05, 3.63) is 0 Å². The van der Waals surface area contributed by atoms with Crippen molar-refractivity contribution < 1.29 is 18.6 Å². The van der Waals surface area contributed by atoms with Gasteiger partial charge >= 0.3 is 0 Å². The third-order valence-corrected chi connectivity index (χ3v) is 9.51. The van der Waals surface area contributed by atoms with Crippen LogP contribution < -0.4 is 0 Å². The number of hydrogen-bond donors (Lipinski definition) is 0. The summed E-state index contributed by atoms with van der Waals surface area (Å²) in [7, 11) is 4.66. The minimum Gasteiger partial charge on any atom is -0.379 e. The zero-order valence-electron chi connectivity index (χ0n) is 29.6. The van der Waals surface area contributed by atoms with Gasteiger partial charge < -0.3 is 18.7 Å². The highest BCUT2D eigenvalue weighted by Crippen LogP contribution is 2.15. The molecule has 0 fully saturated rings. The first kappa shape index (κ1) is 44.2. The predicted molar refractivity (Wildman–Crippen MR) is 198 cm³/mol. The van der Waals surface area contributed by atoms with Gasteiger partial charge in [-0.3, -0.25) is 4.79 Å². The van der Waals surface area contributed by atoms with Gasteiger partial charge in [-0.25, -0.2) is 0 Å². The van der Waals surface area contributed by atoms with Crippen LogP contribution in [0.1, 0.15) is 194 Å². The molecule has 0 radical (unpaired) electrons. The molecule has 3 unspecified atom stereocenters. The van der Waals surface area contributed by atoms with Crippen LogP contribution in [0.5, 0.6) is 0 Å². The molecule has 0 saturated carbocycles. The lowest BCUT2D eigenvalue weighted by atomic mass is 10.0. The SMILES string of the molecule is CCCCCCCCCCCCCCCCOCC(CN(CCOP)C(=O)CCCCCCCCCCCCCCC)OP. The molecule has 44 heavy (non-hydrogen) atoms. The van der Waals surface area contributed by atoms with Crippen molar-refractivity contribution in [2.45, 2.75) is 200 Å². The van der Waals surface area contributed by atoms with Gasteiger partial charge in [-0.1, -0.05) is 174 Å². The van der Waals surface area contributed by atoms with E-state index < -0.39 is 0 Å². The molecule has 0 aliphatic rings. The Balaban J connectivity index is 3.83. The molecule has 0 saturated heterocycles. The molecule has 0 spiro atoms. The molecule has 264 valence electrons. The highest BCUT2D eigenvalue weighted by Gasteiger charge is 2.19. The quantitative estimate of drug-likeness (QED) is 0.0491. The van der Waals surface area contributed by atoms with E-state index in [1.165, 1.54) is 154 Å². The summed E-state index contributed by atoms with van der Waals surface area (Å²) in [5.74, 6) is 0.203. The fourth-order valence-electron chi connectivity index (χ4n) is 5.93. The Bertz CT molecular complexity index is 570. The highest BCUT2D eigenvalue weighted by molar-refractivity contribution is 7.10. The lowest BCUT2D eigenvalue weighted by molar-refractivity contribution is -0.133. The maximum Gasteiger partial charge on any atom is 0.222 e. The summed E-state index contributed by atoms with van der Waals surface area (Å²) in [6.07, 6.45) is 36.7. The van der Waals surface area contributed by atoms with E-state index in [2.05, 4.69) is 32.8 Å². The second-order valence-corrected chi connectivity index (χ2v) is 13.7. The van der Waals surface area contributed by atoms with E-state index in [-0.39, 0.29) is 12.0 Å². The second kappa shape index (κ2) is 37.7. The number of rotatable bonds is 37. The molecule has 0 heterocycles. The molecule has 0 N–H and O–H groups in total. The van der Waals surface area contributed by atoms with Gasteiger partial charge in [0.15, 0.2) is 0 Å². The van der Waals surface area contributed by atoms with Crippen molar-refractivity contribution in [3.63, 3.8) is 0 Å². The third-order valence-electron chi connectivity index (χ3n) is 8.89. The van der Waals surface area contributed by atoms with E-state index in [9.17, 15) is 4.79 Å². The smallest absolute Gasteiger partial charge is 0.222 e. The molecule has 1 amide bonds. The van der Waals surface area contributed by atoms with E-state index >= 15 is 0 Å². The summed E-state index contributed by atoms with van der Waals surface area (Å²) < 4.78 is 16.8. The van der Waals surface area contributed by atoms with Crippen LogP contribution in [0.15, 0.2) is 0 Å². The normalized spacial score (nSPS) is 12.2. The minimum absolute atomic E-state index is 0.133. The first-order chi connectivity index (χ1) is 21.7. The van der Waals surface area contributed by atoms with Crippen LogP contribution in [-0.4, -0.2) is 49.8 Å². The standard InChI is InChI=1S/C37H77NO4P2/c1-3-5-7-9-11-13-15-17-19-21-23-25-27-29-32-40-35-36(42-44)34-38(31-33-41-43)37(39)30-28-26-24-22-20-18-16-14-12-10-8-6-4-2/h36H,3-35,43-44H2,1-2H3. The Hall–Kier alpha value is 0.210. The first-order valence-corrected chi connectivity index (χ1v) is 20.2. The largest absolute Gasteiger partial charge is 0.379 e. The van der Waals surface area contributed by atoms with Gasteiger partial charge in [0.1, 0.15) is 6.10 Å². The van der Waals surface area contributed by atoms with Gasteiger partial charge in [0.05, 0.1) is 13.2 Å². The Morgan fingerprint density at radius 1 is 0.545 bits per heavy atom. The van der Waals surface area contributed by atoms with Crippen LogP contribution in [0.25, 0.3) is 0 Å². The molecule has 3 atom stereocenters. The van der Waals surface area contributed by atoms with Gasteiger partial charge in [-0.2, -0.15) is 0 Å². The summed E-state index contributed by atoms with van der Waals surface area (Å²) in [5.41, 5.74) is 0. The van der Waals surface area contributed by atoms with Crippen LogP contribution in [0.3, 0.4) is 0 Å². The molecule has 0 aromatic rings. The summed E-state index contributed by atoms with van der Waals surface area (Å²) >= 11 is 0. The zero-order chi connectivity index (χ0) is 32.2. The van der Waals surface area contributed by atoms with E-state index in [0.29, 0.717) is 32.7 Å². The van der Waals surface area contributed by atoms with Crippen LogP contribution in [0.2, 0.25) is 0 Å². The Morgan fingerprint density at radius 2 is 0.932 bits per heavy atom. The van der Waals surface area contributed by atoms with Gasteiger partial charge in [0, 0.05) is 45.1 Å². The van der Waals surface area contributed by atoms with Gasteiger partial charge in [-0.15, -0.1) is 0 Å². The first-order valence-electron chi connectivity index (χ1n) is 19.2. The van der Waals surface area contributed by atoms with Crippen molar-refractivity contribution in [2.24, 2.45) is 0 Å². The summed E-state index contributed by atoms with van der Waals surface area (Å²) in [5, 5.41) is 0. The highest BCUT2D eigenvalue weighted by atomic mass is 31.0. The Labute approximate surface area is 280 Å². The van der Waals surface area contributed by atoms with Gasteiger partial charge in [0.25, 0.3) is 0 Å². The van der Waals surface area contributed by atoms with Crippen molar-refractivity contribution in [2.75, 3.05) is 32.9 Å². The lowest BCUT2D eigenvalue weighted by Gasteiger charge is -2.27. The number of hydrogen-bond acceptors (Lipinski definition) is 4. The maximum atomic E-state index is 13.0. The van der Waals surface area contributed by atoms with Gasteiger partial charge in [0.2, 0.25) is 5.91 Å². The van der Waals surface area contributed by atoms with E-state index in [4.69, 9.17) is 13.8 Å². The van der Waals surface area contributed by atoms with Gasteiger partial charge in [-0.05, 0) is 12.8 Å². The molecule has 0 rings (SSSR count). The monoisotopic (exact) mass is 662 g/mol. The molecule has 0 aromatic heterocycles. The maximum absolute atomic E-state index is 13.0. The second-order valence-electron chi connectivity index (χ2n) is 13.1. The minimum atomic E-state index is -0.133. The number of unbranched alkanes of at least 4 members (excludes halogenated alkanes) is 25. The van der Waals surface area contributed by atoms with Crippen molar-refractivity contribution in [3.8, 4) is 0 Å². The van der Waals surface area contributed by atoms with Crippen molar-refractivity contribution >= 4 is 24.8 Å². The Kier molecular flexibility index (Phi) is 37.8. The predicted octanol–water partition coefficient (Wildman–Crippen LogP) is 11.8. The number of carbonyl (C=O) groups is 1. The average Bonchev–Trinajstić information content (AvgIpc) is 3.03. The van der Waals surface area contributed by atoms with Crippen LogP contribution >= 0.6 is 18.9 Å². The molecule has 5 nitrogen and oxygen atoms in total. The van der Waals surface area contributed by atoms with E-state index in [0.717, 1.165) is 25.9 Å². The average molecular weight is 662 g/mol. The van der Waals surface area contributed by atoms with Crippen molar-refractivity contribution in [1.29, 1.82) is 0 Å². The molecule has 0 bridgehead atoms. The fourth-order valence-corrected chi connectivity index (χ4v) is 6.20. The number of nitrogens with zero attached hydrogens (tertiary/aromatic N) is 1. The van der Waals surface area contributed by atoms with Crippen LogP contribution in [0.4, 0.5) is 0 Å². The molecular weight excluding hydrogens is 584 g/mol. The molecule has 7 heteroatoms. The molecular formula is C37H77NO4P2. The van der Waals surface area contributed by atoms with E-state index in [1.54, 1.807) is 0 Å². The number of amides is 1. The summed E-state index contributed by atoms with van der Waals surface area (Å²) in [4.78, 5) is 14.9. The van der Waals surface area contributed by atoms with Crippen molar-refractivity contribution in [1.82, 2.24) is 4.90 Å². The van der Waals surface area contributed by atoms with Crippen LogP contribution in [0, 0.1) is 0 Å². The summed E-state index contributed by atoms with van der Waals surface area (Å²) in [6.45, 7) is 7.50. The molecule has 0 aromatic carbocycles. The third kappa shape index (κ3) is 32.2. The fraction of sp³-hybridized carbons (Fsp3) is 0.973. The lowest BCUT2D eigenvalue weighted by Crippen LogP contribution is -2.41. The summed E-state index contributed by atoms with van der Waals surface area (Å²) in [6, 6.07) is 0. The zero-order valence-corrected chi connectivity index (χ0v) is 32.0. The molecule has 0 aliphatic heterocycles. The Morgan fingerprint density at radius 3 is 1.32 bits per heavy atom. The topological polar surface area (TPSA) is 48.0 Å². The number of ether oxygens (including phenoxy) is 1. The van der Waals surface area contributed by atoms with Crippen LogP contribution in [-0.2, 0) is 18.6 Å². The number of carbonyl (C=O) groups excluding carboxylic acids is 1. The van der Waals surface area contributed by atoms with E-state index in [1.807, 2.05) is 4.90 Å². The molecule has 0 aliphatic carbocycles.